The van der Waals surface area contributed by atoms with Crippen LogP contribution in [0.3, 0.4) is 0 Å². The minimum Gasteiger partial charge on any atom is -0.477 e. The molecule has 0 bridgehead atoms. The van der Waals surface area contributed by atoms with E-state index in [9.17, 15) is 9.90 Å². The van der Waals surface area contributed by atoms with Gasteiger partial charge in [-0.25, -0.2) is 9.78 Å². The van der Waals surface area contributed by atoms with Gasteiger partial charge in [-0.3, -0.25) is 0 Å². The minimum absolute atomic E-state index is 0.389. The van der Waals surface area contributed by atoms with Crippen molar-refractivity contribution in [3.8, 4) is 0 Å². The van der Waals surface area contributed by atoms with E-state index in [1.165, 1.54) is 17.8 Å². The van der Waals surface area contributed by atoms with E-state index in [-0.39, 0.29) is 0 Å². The van der Waals surface area contributed by atoms with Crippen molar-refractivity contribution in [2.45, 2.75) is 37.6 Å². The molecule has 20 heavy (non-hydrogen) atoms. The van der Waals surface area contributed by atoms with E-state index in [2.05, 4.69) is 28.9 Å². The molecule has 1 saturated carbocycles. The molecule has 1 saturated heterocycles. The Balaban J connectivity index is 1.82. The molecule has 2 fully saturated rings. The monoisotopic (exact) mass is 295 g/mol. The zero-order valence-electron chi connectivity index (χ0n) is 12.0. The van der Waals surface area contributed by atoms with Crippen LogP contribution in [0.4, 0.5) is 5.13 Å². The summed E-state index contributed by atoms with van der Waals surface area (Å²) < 4.78 is 0. The third-order valence-corrected chi connectivity index (χ3v) is 5.32. The largest absolute Gasteiger partial charge is 0.477 e. The Hall–Kier alpha value is -1.14. The molecule has 1 unspecified atom stereocenters. The maximum Gasteiger partial charge on any atom is 0.347 e. The lowest BCUT2D eigenvalue weighted by Crippen LogP contribution is -2.45. The van der Waals surface area contributed by atoms with Crippen molar-refractivity contribution in [1.82, 2.24) is 9.88 Å². The normalized spacial score (nSPS) is 23.4. The van der Waals surface area contributed by atoms with Crippen LogP contribution in [-0.4, -0.2) is 54.2 Å². The van der Waals surface area contributed by atoms with Gasteiger partial charge in [0.15, 0.2) is 5.13 Å². The Morgan fingerprint density at radius 3 is 2.75 bits per heavy atom. The average molecular weight is 295 g/mol. The lowest BCUT2D eigenvalue weighted by Gasteiger charge is -2.35. The second-order valence-corrected chi connectivity index (χ2v) is 6.97. The number of thiazole rings is 1. The number of aromatic carboxylic acids is 1. The molecular formula is C14H21N3O2S. The van der Waals surface area contributed by atoms with Gasteiger partial charge in [-0.2, -0.15) is 0 Å². The fraction of sp³-hybridized carbons (Fsp3) is 0.714. The summed E-state index contributed by atoms with van der Waals surface area (Å²) in [6.07, 6.45) is 4.52. The summed E-state index contributed by atoms with van der Waals surface area (Å²) in [5, 5.41) is 10.2. The Morgan fingerprint density at radius 1 is 1.40 bits per heavy atom. The average Bonchev–Trinajstić information content (AvgIpc) is 3.17. The summed E-state index contributed by atoms with van der Waals surface area (Å²) in [6, 6.07) is 0.533. The van der Waals surface area contributed by atoms with Crippen LogP contribution in [0.5, 0.6) is 0 Å². The molecule has 1 aromatic rings. The SMILES string of the molecule is CN(C)C1CCCN(c2nc(C3CC3)c(C(=O)O)s2)C1. The molecule has 1 aromatic heterocycles. The van der Waals surface area contributed by atoms with Crippen molar-refractivity contribution in [2.24, 2.45) is 0 Å². The number of carboxylic acid groups (broad SMARTS) is 1. The van der Waals surface area contributed by atoms with Crippen LogP contribution < -0.4 is 4.90 Å². The summed E-state index contributed by atoms with van der Waals surface area (Å²) in [7, 11) is 4.21. The van der Waals surface area contributed by atoms with Gasteiger partial charge < -0.3 is 14.9 Å². The zero-order valence-corrected chi connectivity index (χ0v) is 12.8. The molecule has 110 valence electrons. The quantitative estimate of drug-likeness (QED) is 0.923. The van der Waals surface area contributed by atoms with Crippen LogP contribution in [0, 0.1) is 0 Å². The summed E-state index contributed by atoms with van der Waals surface area (Å²) in [6.45, 7) is 1.94. The molecule has 1 aliphatic carbocycles. The first-order valence-electron chi connectivity index (χ1n) is 7.21. The molecule has 5 nitrogen and oxygen atoms in total. The van der Waals surface area contributed by atoms with Crippen LogP contribution in [0.15, 0.2) is 0 Å². The smallest absolute Gasteiger partial charge is 0.347 e. The highest BCUT2D eigenvalue weighted by Crippen LogP contribution is 2.44. The number of carboxylic acids is 1. The number of rotatable bonds is 4. The van der Waals surface area contributed by atoms with Crippen LogP contribution in [0.2, 0.25) is 0 Å². The molecule has 1 atom stereocenters. The van der Waals surface area contributed by atoms with Gasteiger partial charge in [-0.05, 0) is 39.8 Å². The van der Waals surface area contributed by atoms with Gasteiger partial charge in [-0.15, -0.1) is 0 Å². The predicted octanol–water partition coefficient (Wildman–Crippen LogP) is 2.25. The van der Waals surface area contributed by atoms with Gasteiger partial charge in [0.05, 0.1) is 5.69 Å². The Labute approximate surface area is 123 Å². The number of aromatic nitrogens is 1. The van der Waals surface area contributed by atoms with Crippen molar-refractivity contribution in [3.63, 3.8) is 0 Å². The summed E-state index contributed by atoms with van der Waals surface area (Å²) >= 11 is 1.35. The molecule has 1 aliphatic heterocycles. The highest BCUT2D eigenvalue weighted by Gasteiger charge is 2.33. The molecule has 0 aromatic carbocycles. The van der Waals surface area contributed by atoms with E-state index >= 15 is 0 Å². The van der Waals surface area contributed by atoms with Gasteiger partial charge in [0, 0.05) is 25.0 Å². The number of carbonyl (C=O) groups is 1. The number of nitrogens with zero attached hydrogens (tertiary/aromatic N) is 3. The number of likely N-dealkylation sites (N-methyl/N-ethyl adjacent to an activating group) is 1. The third kappa shape index (κ3) is 2.67. The van der Waals surface area contributed by atoms with Gasteiger partial charge in [0.1, 0.15) is 4.88 Å². The number of piperidine rings is 1. The first kappa shape index (κ1) is 13.8. The van der Waals surface area contributed by atoms with Crippen LogP contribution in [0.25, 0.3) is 0 Å². The van der Waals surface area contributed by atoms with Gasteiger partial charge in [-0.1, -0.05) is 11.3 Å². The molecule has 1 N–H and O–H groups in total. The highest BCUT2D eigenvalue weighted by atomic mass is 32.1. The van der Waals surface area contributed by atoms with Crippen molar-refractivity contribution >= 4 is 22.4 Å². The zero-order chi connectivity index (χ0) is 14.3. The van der Waals surface area contributed by atoms with Gasteiger partial charge >= 0.3 is 5.97 Å². The van der Waals surface area contributed by atoms with E-state index in [1.54, 1.807) is 0 Å². The lowest BCUT2D eigenvalue weighted by atomic mass is 10.1. The summed E-state index contributed by atoms with van der Waals surface area (Å²) in [5.74, 6) is -0.433. The van der Waals surface area contributed by atoms with E-state index in [1.807, 2.05) is 0 Å². The van der Waals surface area contributed by atoms with Crippen molar-refractivity contribution in [2.75, 3.05) is 32.1 Å². The molecule has 0 amide bonds. The van der Waals surface area contributed by atoms with Crippen molar-refractivity contribution < 1.29 is 9.90 Å². The molecule has 2 heterocycles. The third-order valence-electron chi connectivity index (χ3n) is 4.20. The number of hydrogen-bond donors (Lipinski definition) is 1. The molecular weight excluding hydrogens is 274 g/mol. The van der Waals surface area contributed by atoms with Crippen molar-refractivity contribution in [1.29, 1.82) is 0 Å². The van der Waals surface area contributed by atoms with E-state index < -0.39 is 5.97 Å². The predicted molar refractivity (Wildman–Crippen MR) is 80.0 cm³/mol. The number of anilines is 1. The van der Waals surface area contributed by atoms with E-state index in [0.29, 0.717) is 16.8 Å². The number of hydrogen-bond acceptors (Lipinski definition) is 5. The Morgan fingerprint density at radius 2 is 2.15 bits per heavy atom. The fourth-order valence-corrected chi connectivity index (χ4v) is 3.82. The molecule has 0 radical (unpaired) electrons. The molecule has 6 heteroatoms. The topological polar surface area (TPSA) is 56.7 Å². The van der Waals surface area contributed by atoms with Crippen molar-refractivity contribution in [3.05, 3.63) is 10.6 Å². The first-order valence-corrected chi connectivity index (χ1v) is 8.03. The standard InChI is InChI=1S/C14H21N3O2S/c1-16(2)10-4-3-7-17(8-10)14-15-11(9-5-6-9)12(20-14)13(18)19/h9-10H,3-8H2,1-2H3,(H,18,19). The second-order valence-electron chi connectivity index (χ2n) is 6.00. The van der Waals surface area contributed by atoms with Crippen LogP contribution in [0.1, 0.15) is 47.0 Å². The van der Waals surface area contributed by atoms with E-state index in [4.69, 9.17) is 0 Å². The maximum absolute atomic E-state index is 11.4. The maximum atomic E-state index is 11.4. The first-order chi connectivity index (χ1) is 9.56. The highest BCUT2D eigenvalue weighted by molar-refractivity contribution is 7.17. The fourth-order valence-electron chi connectivity index (χ4n) is 2.79. The minimum atomic E-state index is -0.822. The Bertz CT molecular complexity index is 511. The van der Waals surface area contributed by atoms with Gasteiger partial charge in [0.2, 0.25) is 0 Å². The molecule has 0 spiro atoms. The molecule has 2 aliphatic rings. The Kier molecular flexibility index (Phi) is 3.69. The lowest BCUT2D eigenvalue weighted by molar-refractivity contribution is 0.0700. The molecule has 3 rings (SSSR count). The second kappa shape index (κ2) is 5.33. The van der Waals surface area contributed by atoms with Crippen LogP contribution >= 0.6 is 11.3 Å². The van der Waals surface area contributed by atoms with Gasteiger partial charge in [0.25, 0.3) is 0 Å². The summed E-state index contributed by atoms with van der Waals surface area (Å²) in [4.78, 5) is 21.0. The summed E-state index contributed by atoms with van der Waals surface area (Å²) in [5.41, 5.74) is 0.824. The van der Waals surface area contributed by atoms with Crippen LogP contribution in [-0.2, 0) is 0 Å². The van der Waals surface area contributed by atoms with E-state index in [0.717, 1.165) is 43.2 Å².